The zero-order valence-corrected chi connectivity index (χ0v) is 12.7. The molecule has 1 nitrogen and oxygen atoms in total. The fraction of sp³-hybridized carbons (Fsp3) is 0.0526. The van der Waals surface area contributed by atoms with Gasteiger partial charge < -0.3 is 4.74 Å². The van der Waals surface area contributed by atoms with Crippen molar-refractivity contribution in [2.24, 2.45) is 0 Å². The maximum Gasteiger partial charge on any atom is 0.134 e. The van der Waals surface area contributed by atoms with E-state index >= 15 is 0 Å². The minimum atomic E-state index is 0.880. The van der Waals surface area contributed by atoms with Gasteiger partial charge in [0.2, 0.25) is 0 Å². The zero-order chi connectivity index (χ0) is 14.7. The predicted molar refractivity (Wildman–Crippen MR) is 91.1 cm³/mol. The fourth-order valence-corrected chi connectivity index (χ4v) is 2.80. The van der Waals surface area contributed by atoms with Crippen LogP contribution >= 0.6 is 12.6 Å². The highest BCUT2D eigenvalue weighted by Gasteiger charge is 2.13. The van der Waals surface area contributed by atoms with Gasteiger partial charge in [0, 0.05) is 16.0 Å². The van der Waals surface area contributed by atoms with Gasteiger partial charge in [-0.1, -0.05) is 66.7 Å². The van der Waals surface area contributed by atoms with Crippen molar-refractivity contribution < 1.29 is 4.74 Å². The first-order valence-corrected chi connectivity index (χ1v) is 7.27. The molecule has 0 unspecified atom stereocenters. The third kappa shape index (κ3) is 2.67. The van der Waals surface area contributed by atoms with E-state index in [0.29, 0.717) is 0 Å². The van der Waals surface area contributed by atoms with Gasteiger partial charge >= 0.3 is 0 Å². The van der Waals surface area contributed by atoms with E-state index in [4.69, 9.17) is 4.74 Å². The Balaban J connectivity index is 2.22. The SMILES string of the molecule is COc1c(-c2ccccc2)cccc1-c1ccccc1S. The van der Waals surface area contributed by atoms with Crippen molar-refractivity contribution in [3.05, 3.63) is 72.8 Å². The lowest BCUT2D eigenvalue weighted by Crippen LogP contribution is -1.92. The van der Waals surface area contributed by atoms with Gasteiger partial charge in [-0.2, -0.15) is 0 Å². The summed E-state index contributed by atoms with van der Waals surface area (Å²) in [6.07, 6.45) is 0. The molecule has 0 radical (unpaired) electrons. The number of hydrogen-bond donors (Lipinski definition) is 1. The Morgan fingerprint density at radius 1 is 0.667 bits per heavy atom. The molecule has 0 aliphatic carbocycles. The second kappa shape index (κ2) is 6.06. The van der Waals surface area contributed by atoms with Crippen molar-refractivity contribution in [3.8, 4) is 28.0 Å². The van der Waals surface area contributed by atoms with Crippen molar-refractivity contribution >= 4 is 12.6 Å². The van der Waals surface area contributed by atoms with Crippen LogP contribution < -0.4 is 4.74 Å². The Morgan fingerprint density at radius 3 is 2.00 bits per heavy atom. The van der Waals surface area contributed by atoms with Crippen LogP contribution in [-0.4, -0.2) is 7.11 Å². The van der Waals surface area contributed by atoms with Crippen LogP contribution in [0, 0.1) is 0 Å². The van der Waals surface area contributed by atoms with Crippen LogP contribution in [0.25, 0.3) is 22.3 Å². The average molecular weight is 292 g/mol. The second-order valence-corrected chi connectivity index (χ2v) is 5.25. The first-order chi connectivity index (χ1) is 10.3. The molecular formula is C19H16OS. The average Bonchev–Trinajstić information content (AvgIpc) is 2.55. The van der Waals surface area contributed by atoms with E-state index in [1.165, 1.54) is 0 Å². The van der Waals surface area contributed by atoms with Crippen LogP contribution in [0.5, 0.6) is 5.75 Å². The van der Waals surface area contributed by atoms with Gasteiger partial charge in [-0.3, -0.25) is 0 Å². The van der Waals surface area contributed by atoms with Gasteiger partial charge in [0.05, 0.1) is 7.11 Å². The standard InChI is InChI=1S/C19H16OS/c1-20-19-15(14-8-3-2-4-9-14)11-7-12-17(19)16-10-5-6-13-18(16)21/h2-13,21H,1H3. The molecule has 2 heteroatoms. The quantitative estimate of drug-likeness (QED) is 0.643. The highest BCUT2D eigenvalue weighted by Crippen LogP contribution is 2.40. The fourth-order valence-electron chi connectivity index (χ4n) is 2.52. The second-order valence-electron chi connectivity index (χ2n) is 4.77. The molecule has 0 spiro atoms. The molecule has 0 aliphatic heterocycles. The minimum absolute atomic E-state index is 0.880. The molecule has 0 N–H and O–H groups in total. The molecule has 0 aliphatic rings. The van der Waals surface area contributed by atoms with Gasteiger partial charge in [0.25, 0.3) is 0 Å². The third-order valence-electron chi connectivity index (χ3n) is 3.50. The molecule has 104 valence electrons. The molecule has 0 fully saturated rings. The number of rotatable bonds is 3. The number of thiol groups is 1. The molecule has 3 aromatic carbocycles. The molecule has 21 heavy (non-hydrogen) atoms. The predicted octanol–water partition coefficient (Wildman–Crippen LogP) is 5.32. The molecule has 3 aromatic rings. The number of ether oxygens (including phenoxy) is 1. The maximum absolute atomic E-state index is 5.71. The molecule has 0 bridgehead atoms. The number of benzene rings is 3. The lowest BCUT2D eigenvalue weighted by atomic mass is 9.97. The highest BCUT2D eigenvalue weighted by atomic mass is 32.1. The van der Waals surface area contributed by atoms with Crippen LogP contribution in [0.1, 0.15) is 0 Å². The molecule has 0 amide bonds. The Morgan fingerprint density at radius 2 is 1.29 bits per heavy atom. The maximum atomic E-state index is 5.71. The van der Waals surface area contributed by atoms with Crippen LogP contribution in [-0.2, 0) is 0 Å². The van der Waals surface area contributed by atoms with Gasteiger partial charge in [-0.05, 0) is 17.2 Å². The van der Waals surface area contributed by atoms with Crippen molar-refractivity contribution in [3.63, 3.8) is 0 Å². The summed E-state index contributed by atoms with van der Waals surface area (Å²) in [6, 6.07) is 24.5. The first kappa shape index (κ1) is 13.8. The summed E-state index contributed by atoms with van der Waals surface area (Å²) in [5, 5.41) is 0. The van der Waals surface area contributed by atoms with Crippen LogP contribution in [0.3, 0.4) is 0 Å². The molecule has 0 saturated heterocycles. The van der Waals surface area contributed by atoms with Crippen LogP contribution in [0.15, 0.2) is 77.7 Å². The smallest absolute Gasteiger partial charge is 0.134 e. The van der Waals surface area contributed by atoms with Gasteiger partial charge in [-0.15, -0.1) is 12.6 Å². The number of methoxy groups -OCH3 is 1. The van der Waals surface area contributed by atoms with E-state index in [2.05, 4.69) is 49.0 Å². The molecular weight excluding hydrogens is 276 g/mol. The Labute approximate surface area is 130 Å². The summed E-state index contributed by atoms with van der Waals surface area (Å²) in [5.41, 5.74) is 4.37. The lowest BCUT2D eigenvalue weighted by Gasteiger charge is -2.15. The van der Waals surface area contributed by atoms with E-state index in [-0.39, 0.29) is 0 Å². The minimum Gasteiger partial charge on any atom is -0.495 e. The van der Waals surface area contributed by atoms with Gasteiger partial charge in [-0.25, -0.2) is 0 Å². The van der Waals surface area contributed by atoms with E-state index in [9.17, 15) is 0 Å². The third-order valence-corrected chi connectivity index (χ3v) is 3.89. The Kier molecular flexibility index (Phi) is 3.98. The summed E-state index contributed by atoms with van der Waals surface area (Å²) >= 11 is 4.56. The van der Waals surface area contributed by atoms with E-state index < -0.39 is 0 Å². The van der Waals surface area contributed by atoms with Crippen molar-refractivity contribution in [2.75, 3.05) is 7.11 Å². The lowest BCUT2D eigenvalue weighted by molar-refractivity contribution is 0.418. The van der Waals surface area contributed by atoms with Crippen molar-refractivity contribution in [2.45, 2.75) is 4.90 Å². The first-order valence-electron chi connectivity index (χ1n) is 6.82. The molecule has 0 atom stereocenters. The monoisotopic (exact) mass is 292 g/mol. The largest absolute Gasteiger partial charge is 0.495 e. The van der Waals surface area contributed by atoms with Crippen LogP contribution in [0.4, 0.5) is 0 Å². The van der Waals surface area contributed by atoms with Gasteiger partial charge in [0.1, 0.15) is 5.75 Å². The van der Waals surface area contributed by atoms with E-state index in [0.717, 1.165) is 32.9 Å². The summed E-state index contributed by atoms with van der Waals surface area (Å²) in [4.78, 5) is 0.945. The Hall–Kier alpha value is -2.19. The highest BCUT2D eigenvalue weighted by molar-refractivity contribution is 7.80. The number of hydrogen-bond acceptors (Lipinski definition) is 2. The van der Waals surface area contributed by atoms with Gasteiger partial charge in [0.15, 0.2) is 0 Å². The molecule has 0 aromatic heterocycles. The summed E-state index contributed by atoms with van der Waals surface area (Å²) < 4.78 is 5.71. The summed E-state index contributed by atoms with van der Waals surface area (Å²) in [6.45, 7) is 0. The molecule has 3 rings (SSSR count). The topological polar surface area (TPSA) is 9.23 Å². The number of para-hydroxylation sites is 1. The summed E-state index contributed by atoms with van der Waals surface area (Å²) in [5.74, 6) is 0.880. The molecule has 0 heterocycles. The van der Waals surface area contributed by atoms with E-state index in [1.807, 2.05) is 36.4 Å². The zero-order valence-electron chi connectivity index (χ0n) is 11.8. The Bertz CT molecular complexity index is 751. The van der Waals surface area contributed by atoms with Crippen LogP contribution in [0.2, 0.25) is 0 Å². The van der Waals surface area contributed by atoms with Crippen molar-refractivity contribution in [1.82, 2.24) is 0 Å². The van der Waals surface area contributed by atoms with Crippen molar-refractivity contribution in [1.29, 1.82) is 0 Å². The normalized spacial score (nSPS) is 10.4. The van der Waals surface area contributed by atoms with E-state index in [1.54, 1.807) is 7.11 Å². The summed E-state index contributed by atoms with van der Waals surface area (Å²) in [7, 11) is 1.71. The molecule has 0 saturated carbocycles.